The topological polar surface area (TPSA) is 73.6 Å². The van der Waals surface area contributed by atoms with Gasteiger partial charge in [-0.1, -0.05) is 18.7 Å². The lowest BCUT2D eigenvalue weighted by molar-refractivity contribution is -0.133. The summed E-state index contributed by atoms with van der Waals surface area (Å²) in [5.74, 6) is 0.525. The Morgan fingerprint density at radius 2 is 2.24 bits per heavy atom. The summed E-state index contributed by atoms with van der Waals surface area (Å²) in [5, 5.41) is 9.49. The predicted octanol–water partition coefficient (Wildman–Crippen LogP) is 2.34. The number of carboxylic acids is 1. The normalized spacial score (nSPS) is 12.6. The van der Waals surface area contributed by atoms with Gasteiger partial charge in [-0.3, -0.25) is 9.36 Å². The summed E-state index contributed by atoms with van der Waals surface area (Å²) in [4.78, 5) is 15.1. The fourth-order valence-electron chi connectivity index (χ4n) is 2.15. The molecule has 1 aliphatic rings. The van der Waals surface area contributed by atoms with Crippen LogP contribution in [0.3, 0.4) is 0 Å². The van der Waals surface area contributed by atoms with Crippen LogP contribution in [0.5, 0.6) is 11.5 Å². The van der Waals surface area contributed by atoms with Crippen molar-refractivity contribution in [2.45, 2.75) is 18.5 Å². The molecular formula is C14H14N2O4S. The van der Waals surface area contributed by atoms with Gasteiger partial charge in [0.1, 0.15) is 0 Å². The second-order valence-electron chi connectivity index (χ2n) is 4.44. The Kier molecular flexibility index (Phi) is 3.74. The number of benzene rings is 1. The van der Waals surface area contributed by atoms with Crippen LogP contribution in [0.2, 0.25) is 0 Å². The molecule has 3 rings (SSSR count). The molecule has 1 aliphatic heterocycles. The lowest BCUT2D eigenvalue weighted by Crippen LogP contribution is -2.04. The standard InChI is InChI=1S/C14H14N2O4S/c1-2-9-6-15-14(21-7-13(17)18)16(9)10-3-4-11-12(5-10)20-8-19-11/h3-6H,2,7-8H2,1H3,(H,17,18). The van der Waals surface area contributed by atoms with Crippen LogP contribution >= 0.6 is 11.8 Å². The van der Waals surface area contributed by atoms with E-state index in [1.165, 1.54) is 11.8 Å². The van der Waals surface area contributed by atoms with E-state index < -0.39 is 5.97 Å². The monoisotopic (exact) mass is 306 g/mol. The fraction of sp³-hybridized carbons (Fsp3) is 0.286. The zero-order valence-corrected chi connectivity index (χ0v) is 12.2. The maximum atomic E-state index is 10.8. The molecule has 2 heterocycles. The van der Waals surface area contributed by atoms with E-state index in [0.29, 0.717) is 10.9 Å². The molecule has 7 heteroatoms. The first-order valence-corrected chi connectivity index (χ1v) is 7.49. The van der Waals surface area contributed by atoms with Gasteiger partial charge in [0.05, 0.1) is 11.4 Å². The number of rotatable bonds is 5. The summed E-state index contributed by atoms with van der Waals surface area (Å²) in [6, 6.07) is 5.65. The molecule has 110 valence electrons. The van der Waals surface area contributed by atoms with Crippen LogP contribution in [0.4, 0.5) is 0 Å². The van der Waals surface area contributed by atoms with Crippen molar-refractivity contribution in [1.29, 1.82) is 0 Å². The Balaban J connectivity index is 1.99. The number of fused-ring (bicyclic) bond motifs is 1. The second kappa shape index (κ2) is 5.69. The van der Waals surface area contributed by atoms with Crippen molar-refractivity contribution in [2.75, 3.05) is 12.5 Å². The zero-order chi connectivity index (χ0) is 14.8. The van der Waals surface area contributed by atoms with Gasteiger partial charge in [-0.2, -0.15) is 0 Å². The van der Waals surface area contributed by atoms with E-state index in [1.807, 2.05) is 29.7 Å². The Hall–Kier alpha value is -2.15. The van der Waals surface area contributed by atoms with E-state index in [9.17, 15) is 4.79 Å². The molecule has 0 saturated heterocycles. The first-order valence-electron chi connectivity index (χ1n) is 6.50. The fourth-order valence-corrected chi connectivity index (χ4v) is 2.88. The van der Waals surface area contributed by atoms with Crippen molar-refractivity contribution in [3.8, 4) is 17.2 Å². The average molecular weight is 306 g/mol. The molecule has 0 aliphatic carbocycles. The van der Waals surface area contributed by atoms with Crippen LogP contribution in [0.1, 0.15) is 12.6 Å². The molecule has 0 fully saturated rings. The molecule has 0 amide bonds. The van der Waals surface area contributed by atoms with E-state index in [4.69, 9.17) is 14.6 Å². The molecule has 6 nitrogen and oxygen atoms in total. The van der Waals surface area contributed by atoms with Crippen LogP contribution in [-0.4, -0.2) is 33.2 Å². The van der Waals surface area contributed by atoms with Gasteiger partial charge in [0.25, 0.3) is 0 Å². The third kappa shape index (κ3) is 2.69. The number of imidazole rings is 1. The predicted molar refractivity (Wildman–Crippen MR) is 77.4 cm³/mol. The quantitative estimate of drug-likeness (QED) is 0.855. The zero-order valence-electron chi connectivity index (χ0n) is 11.4. The van der Waals surface area contributed by atoms with Gasteiger partial charge in [0.2, 0.25) is 6.79 Å². The molecule has 0 saturated carbocycles. The molecule has 0 atom stereocenters. The molecule has 0 radical (unpaired) electrons. The van der Waals surface area contributed by atoms with Crippen molar-refractivity contribution in [3.05, 3.63) is 30.1 Å². The lowest BCUT2D eigenvalue weighted by atomic mass is 10.2. The Bertz CT molecular complexity index is 684. The molecule has 0 spiro atoms. The Morgan fingerprint density at radius 3 is 3.00 bits per heavy atom. The Morgan fingerprint density at radius 1 is 1.43 bits per heavy atom. The number of hydrogen-bond acceptors (Lipinski definition) is 5. The van der Waals surface area contributed by atoms with E-state index >= 15 is 0 Å². The largest absolute Gasteiger partial charge is 0.481 e. The van der Waals surface area contributed by atoms with Gasteiger partial charge in [-0.25, -0.2) is 4.98 Å². The highest BCUT2D eigenvalue weighted by Gasteiger charge is 2.17. The van der Waals surface area contributed by atoms with Gasteiger partial charge in [-0.05, 0) is 18.6 Å². The Labute approximate surface area is 125 Å². The van der Waals surface area contributed by atoms with Crippen molar-refractivity contribution >= 4 is 17.7 Å². The molecule has 2 aromatic rings. The highest BCUT2D eigenvalue weighted by atomic mass is 32.2. The number of thioether (sulfide) groups is 1. The van der Waals surface area contributed by atoms with E-state index in [-0.39, 0.29) is 12.5 Å². The minimum absolute atomic E-state index is 0.0231. The van der Waals surface area contributed by atoms with Gasteiger partial charge in [0.15, 0.2) is 16.7 Å². The minimum Gasteiger partial charge on any atom is -0.481 e. The number of aryl methyl sites for hydroxylation is 1. The number of hydrogen-bond donors (Lipinski definition) is 1. The third-order valence-electron chi connectivity index (χ3n) is 3.10. The van der Waals surface area contributed by atoms with E-state index in [0.717, 1.165) is 23.6 Å². The van der Waals surface area contributed by atoms with E-state index in [1.54, 1.807) is 6.20 Å². The van der Waals surface area contributed by atoms with Gasteiger partial charge >= 0.3 is 5.97 Å². The molecule has 21 heavy (non-hydrogen) atoms. The molecule has 0 unspecified atom stereocenters. The summed E-state index contributed by atoms with van der Waals surface area (Å²) in [5.41, 5.74) is 1.91. The van der Waals surface area contributed by atoms with Crippen LogP contribution < -0.4 is 9.47 Å². The number of aliphatic carboxylic acids is 1. The summed E-state index contributed by atoms with van der Waals surface area (Å²) >= 11 is 1.20. The number of nitrogens with zero attached hydrogens (tertiary/aromatic N) is 2. The summed E-state index contributed by atoms with van der Waals surface area (Å²) < 4.78 is 12.7. The number of aromatic nitrogens is 2. The molecule has 0 bridgehead atoms. The van der Waals surface area contributed by atoms with Crippen LogP contribution in [-0.2, 0) is 11.2 Å². The summed E-state index contributed by atoms with van der Waals surface area (Å²) in [7, 11) is 0. The van der Waals surface area contributed by atoms with Crippen LogP contribution in [0.15, 0.2) is 29.6 Å². The number of carbonyl (C=O) groups is 1. The first-order chi connectivity index (χ1) is 10.2. The molecule has 1 N–H and O–H groups in total. The van der Waals surface area contributed by atoms with Crippen molar-refractivity contribution in [1.82, 2.24) is 9.55 Å². The minimum atomic E-state index is -0.863. The van der Waals surface area contributed by atoms with Crippen LogP contribution in [0.25, 0.3) is 5.69 Å². The highest BCUT2D eigenvalue weighted by molar-refractivity contribution is 7.99. The van der Waals surface area contributed by atoms with Crippen molar-refractivity contribution in [3.63, 3.8) is 0 Å². The summed E-state index contributed by atoms with van der Waals surface area (Å²) in [6.45, 7) is 2.26. The maximum absolute atomic E-state index is 10.8. The SMILES string of the molecule is CCc1cnc(SCC(=O)O)n1-c1ccc2c(c1)OCO2. The lowest BCUT2D eigenvalue weighted by Gasteiger charge is -2.11. The highest BCUT2D eigenvalue weighted by Crippen LogP contribution is 2.35. The smallest absolute Gasteiger partial charge is 0.313 e. The first kappa shape index (κ1) is 13.8. The third-order valence-corrected chi connectivity index (χ3v) is 4.04. The van der Waals surface area contributed by atoms with Gasteiger partial charge in [-0.15, -0.1) is 0 Å². The summed E-state index contributed by atoms with van der Waals surface area (Å²) in [6.07, 6.45) is 2.57. The van der Waals surface area contributed by atoms with Crippen molar-refractivity contribution in [2.24, 2.45) is 0 Å². The molecular weight excluding hydrogens is 292 g/mol. The molecule has 1 aromatic carbocycles. The maximum Gasteiger partial charge on any atom is 0.313 e. The van der Waals surface area contributed by atoms with Gasteiger partial charge in [0, 0.05) is 18.0 Å². The molecule has 1 aromatic heterocycles. The van der Waals surface area contributed by atoms with E-state index in [2.05, 4.69) is 4.98 Å². The number of carboxylic acid groups (broad SMARTS) is 1. The average Bonchev–Trinajstić information content (AvgIpc) is 3.10. The van der Waals surface area contributed by atoms with Crippen LogP contribution in [0, 0.1) is 0 Å². The number of ether oxygens (including phenoxy) is 2. The van der Waals surface area contributed by atoms with Gasteiger partial charge < -0.3 is 14.6 Å². The van der Waals surface area contributed by atoms with Crippen molar-refractivity contribution < 1.29 is 19.4 Å². The second-order valence-corrected chi connectivity index (χ2v) is 5.38.